The first kappa shape index (κ1) is 14.6. The molecule has 1 N–H and O–H groups in total. The predicted molar refractivity (Wildman–Crippen MR) is 70.6 cm³/mol. The quantitative estimate of drug-likeness (QED) is 0.665. The summed E-state index contributed by atoms with van der Waals surface area (Å²) in [7, 11) is 0. The van der Waals surface area contributed by atoms with Crippen LogP contribution < -0.4 is 5.32 Å². The lowest BCUT2D eigenvalue weighted by atomic mass is 10.1. The van der Waals surface area contributed by atoms with Gasteiger partial charge in [-0.1, -0.05) is 6.92 Å². The number of benzene rings is 1. The Bertz CT molecular complexity index is 561. The average Bonchev–Trinajstić information content (AvgIpc) is 2.34. The molecule has 0 saturated heterocycles. The number of hydrogen-bond acceptors (Lipinski definition) is 4. The molecule has 0 aliphatic heterocycles. The summed E-state index contributed by atoms with van der Waals surface area (Å²) in [5.41, 5.74) is 1.58. The van der Waals surface area contributed by atoms with Crippen LogP contribution in [0.25, 0.3) is 0 Å². The molecular weight excluding hydrogens is 246 g/mol. The fraction of sp³-hybridized carbons (Fsp3) is 0.385. The first-order valence-corrected chi connectivity index (χ1v) is 5.86. The molecule has 1 atom stereocenters. The Morgan fingerprint density at radius 1 is 1.47 bits per heavy atom. The number of amides is 1. The van der Waals surface area contributed by atoms with E-state index in [1.165, 1.54) is 6.07 Å². The summed E-state index contributed by atoms with van der Waals surface area (Å²) in [6, 6.07) is 4.83. The van der Waals surface area contributed by atoms with Gasteiger partial charge >= 0.3 is 0 Å². The Labute approximate surface area is 111 Å². The Balaban J connectivity index is 3.14. The van der Waals surface area contributed by atoms with Gasteiger partial charge in [0.2, 0.25) is 5.91 Å². The van der Waals surface area contributed by atoms with Gasteiger partial charge in [-0.2, -0.15) is 5.26 Å². The number of nitrogens with zero attached hydrogens (tertiary/aromatic N) is 2. The van der Waals surface area contributed by atoms with E-state index in [2.05, 4.69) is 5.32 Å². The lowest BCUT2D eigenvalue weighted by Crippen LogP contribution is -2.21. The van der Waals surface area contributed by atoms with Crippen LogP contribution in [0.4, 0.5) is 11.4 Å². The Kier molecular flexibility index (Phi) is 4.59. The third-order valence-electron chi connectivity index (χ3n) is 2.95. The van der Waals surface area contributed by atoms with Crippen LogP contribution >= 0.6 is 0 Å². The van der Waals surface area contributed by atoms with Crippen molar-refractivity contribution in [1.82, 2.24) is 0 Å². The van der Waals surface area contributed by atoms with Crippen LogP contribution in [0.15, 0.2) is 12.1 Å². The van der Waals surface area contributed by atoms with Gasteiger partial charge in [-0.25, -0.2) is 0 Å². The van der Waals surface area contributed by atoms with E-state index in [1.54, 1.807) is 26.8 Å². The van der Waals surface area contributed by atoms with E-state index >= 15 is 0 Å². The zero-order valence-corrected chi connectivity index (χ0v) is 11.1. The second-order valence-electron chi connectivity index (χ2n) is 4.29. The van der Waals surface area contributed by atoms with Crippen LogP contribution in [-0.2, 0) is 4.79 Å². The number of rotatable bonds is 4. The van der Waals surface area contributed by atoms with Crippen LogP contribution in [0.5, 0.6) is 0 Å². The second kappa shape index (κ2) is 5.96. The largest absolute Gasteiger partial charge is 0.319 e. The fourth-order valence-electron chi connectivity index (χ4n) is 1.61. The number of nitriles is 1. The molecule has 0 aromatic heterocycles. The number of nitro benzene ring substituents is 1. The molecule has 0 heterocycles. The molecule has 0 fully saturated rings. The van der Waals surface area contributed by atoms with Crippen molar-refractivity contribution in [2.75, 3.05) is 5.32 Å². The minimum Gasteiger partial charge on any atom is -0.319 e. The van der Waals surface area contributed by atoms with Crippen molar-refractivity contribution in [2.24, 2.45) is 5.92 Å². The van der Waals surface area contributed by atoms with Gasteiger partial charge in [0.15, 0.2) is 0 Å². The van der Waals surface area contributed by atoms with Gasteiger partial charge < -0.3 is 5.32 Å². The molecule has 100 valence electrons. The Morgan fingerprint density at radius 2 is 2.05 bits per heavy atom. The number of aryl methyl sites for hydroxylation is 2. The summed E-state index contributed by atoms with van der Waals surface area (Å²) in [5, 5.41) is 22.2. The van der Waals surface area contributed by atoms with Crippen molar-refractivity contribution in [3.8, 4) is 6.07 Å². The van der Waals surface area contributed by atoms with E-state index in [1.807, 2.05) is 6.07 Å². The molecule has 1 aromatic carbocycles. The fourth-order valence-corrected chi connectivity index (χ4v) is 1.61. The lowest BCUT2D eigenvalue weighted by molar-refractivity contribution is -0.384. The predicted octanol–water partition coefficient (Wildman–Crippen LogP) is 2.70. The molecule has 1 unspecified atom stereocenters. The highest BCUT2D eigenvalue weighted by Gasteiger charge is 2.21. The number of hydrogen-bond donors (Lipinski definition) is 1. The van der Waals surface area contributed by atoms with Gasteiger partial charge in [0.1, 0.15) is 11.6 Å². The molecule has 19 heavy (non-hydrogen) atoms. The third-order valence-corrected chi connectivity index (χ3v) is 2.95. The zero-order valence-electron chi connectivity index (χ0n) is 11.1. The summed E-state index contributed by atoms with van der Waals surface area (Å²) < 4.78 is 0. The number of nitro groups is 1. The summed E-state index contributed by atoms with van der Waals surface area (Å²) in [5.74, 6) is -1.32. The number of nitrogens with one attached hydrogen (secondary N) is 1. The smallest absolute Gasteiger partial charge is 0.293 e. The molecule has 1 amide bonds. The van der Waals surface area contributed by atoms with Gasteiger partial charge in [-0.15, -0.1) is 0 Å². The molecule has 0 saturated carbocycles. The molecular formula is C13H15N3O3. The molecule has 1 aromatic rings. The summed E-state index contributed by atoms with van der Waals surface area (Å²) in [6.07, 6.45) is 0.362. The van der Waals surface area contributed by atoms with Crippen molar-refractivity contribution < 1.29 is 9.72 Å². The van der Waals surface area contributed by atoms with Crippen molar-refractivity contribution in [3.63, 3.8) is 0 Å². The highest BCUT2D eigenvalue weighted by atomic mass is 16.6. The van der Waals surface area contributed by atoms with Crippen LogP contribution in [0.1, 0.15) is 24.5 Å². The molecule has 6 nitrogen and oxygen atoms in total. The second-order valence-corrected chi connectivity index (χ2v) is 4.29. The maximum atomic E-state index is 11.8. The molecule has 0 aliphatic carbocycles. The zero-order chi connectivity index (χ0) is 14.6. The van der Waals surface area contributed by atoms with Crippen LogP contribution in [0.3, 0.4) is 0 Å². The van der Waals surface area contributed by atoms with E-state index < -0.39 is 16.7 Å². The van der Waals surface area contributed by atoms with Crippen molar-refractivity contribution in [3.05, 3.63) is 33.4 Å². The van der Waals surface area contributed by atoms with Gasteiger partial charge in [0.05, 0.1) is 11.0 Å². The molecule has 0 radical (unpaired) electrons. The lowest BCUT2D eigenvalue weighted by Gasteiger charge is -2.10. The van der Waals surface area contributed by atoms with Gasteiger partial charge in [0, 0.05) is 6.07 Å². The van der Waals surface area contributed by atoms with Crippen molar-refractivity contribution >= 4 is 17.3 Å². The SMILES string of the molecule is CCC(C#N)C(=O)Nc1cc(C)c(C)cc1[N+](=O)[O-]. The maximum Gasteiger partial charge on any atom is 0.293 e. The molecule has 0 bridgehead atoms. The average molecular weight is 261 g/mol. The van der Waals surface area contributed by atoms with E-state index in [-0.39, 0.29) is 11.4 Å². The summed E-state index contributed by atoms with van der Waals surface area (Å²) >= 11 is 0. The third kappa shape index (κ3) is 3.28. The highest BCUT2D eigenvalue weighted by Crippen LogP contribution is 2.28. The standard InChI is InChI=1S/C13H15N3O3/c1-4-10(7-14)13(17)15-11-5-8(2)9(3)6-12(11)16(18)19/h5-6,10H,4H2,1-3H3,(H,15,17). The number of carbonyl (C=O) groups excluding carboxylic acids is 1. The van der Waals surface area contributed by atoms with Gasteiger partial charge in [-0.3, -0.25) is 14.9 Å². The normalized spacial score (nSPS) is 11.5. The molecule has 6 heteroatoms. The molecule has 0 spiro atoms. The van der Waals surface area contributed by atoms with E-state index in [9.17, 15) is 14.9 Å². The van der Waals surface area contributed by atoms with Crippen LogP contribution in [-0.4, -0.2) is 10.8 Å². The van der Waals surface area contributed by atoms with E-state index in [0.29, 0.717) is 6.42 Å². The molecule has 0 aliphatic rings. The minimum atomic E-state index is -0.804. The monoisotopic (exact) mass is 261 g/mol. The molecule has 1 rings (SSSR count). The topological polar surface area (TPSA) is 96.0 Å². The van der Waals surface area contributed by atoms with Crippen LogP contribution in [0, 0.1) is 41.2 Å². The van der Waals surface area contributed by atoms with E-state index in [4.69, 9.17) is 5.26 Å². The first-order valence-electron chi connectivity index (χ1n) is 5.86. The van der Waals surface area contributed by atoms with Crippen molar-refractivity contribution in [1.29, 1.82) is 5.26 Å². The minimum absolute atomic E-state index is 0.131. The summed E-state index contributed by atoms with van der Waals surface area (Å²) in [4.78, 5) is 22.2. The first-order chi connectivity index (χ1) is 8.90. The number of anilines is 1. The highest BCUT2D eigenvalue weighted by molar-refractivity contribution is 5.96. The van der Waals surface area contributed by atoms with Crippen molar-refractivity contribution in [2.45, 2.75) is 27.2 Å². The maximum absolute atomic E-state index is 11.8. The summed E-state index contributed by atoms with van der Waals surface area (Å²) in [6.45, 7) is 5.27. The number of carbonyl (C=O) groups is 1. The van der Waals surface area contributed by atoms with Gasteiger partial charge in [-0.05, 0) is 37.5 Å². The van der Waals surface area contributed by atoms with Gasteiger partial charge in [0.25, 0.3) is 5.69 Å². The van der Waals surface area contributed by atoms with Crippen LogP contribution in [0.2, 0.25) is 0 Å². The van der Waals surface area contributed by atoms with E-state index in [0.717, 1.165) is 11.1 Å². The Morgan fingerprint density at radius 3 is 2.53 bits per heavy atom. The Hall–Kier alpha value is -2.42.